The Morgan fingerprint density at radius 3 is 2.50 bits per heavy atom. The highest BCUT2D eigenvalue weighted by atomic mass is 32.2. The third kappa shape index (κ3) is 4.40. The van der Waals surface area contributed by atoms with Gasteiger partial charge in [0.05, 0.1) is 19.3 Å². The van der Waals surface area contributed by atoms with Gasteiger partial charge in [0.2, 0.25) is 0 Å². The van der Waals surface area contributed by atoms with Crippen LogP contribution in [0.2, 0.25) is 0 Å². The molecule has 144 valence electrons. The van der Waals surface area contributed by atoms with Gasteiger partial charge in [0, 0.05) is 20.1 Å². The van der Waals surface area contributed by atoms with E-state index in [1.807, 2.05) is 0 Å². The van der Waals surface area contributed by atoms with E-state index in [9.17, 15) is 18.0 Å². The van der Waals surface area contributed by atoms with Gasteiger partial charge < -0.3 is 9.47 Å². The first-order chi connectivity index (χ1) is 12.3. The number of nitrogens with zero attached hydrogens (tertiary/aromatic N) is 2. The Balaban J connectivity index is 2.10. The second kappa shape index (κ2) is 8.61. The van der Waals surface area contributed by atoms with Gasteiger partial charge in [0.15, 0.2) is 0 Å². The first-order valence-corrected chi connectivity index (χ1v) is 9.78. The maximum atomic E-state index is 12.8. The van der Waals surface area contributed by atoms with E-state index in [0.29, 0.717) is 18.4 Å². The van der Waals surface area contributed by atoms with Crippen molar-refractivity contribution in [2.75, 3.05) is 27.3 Å². The number of hydrogen-bond donors (Lipinski definition) is 0. The lowest BCUT2D eigenvalue weighted by Gasteiger charge is -2.27. The molecule has 0 saturated carbocycles. The first kappa shape index (κ1) is 20.3. The van der Waals surface area contributed by atoms with Crippen LogP contribution in [0.15, 0.2) is 24.3 Å². The van der Waals surface area contributed by atoms with Crippen LogP contribution in [0.5, 0.6) is 0 Å². The SMILES string of the molecule is CCOC(=O)[C@@H]1CCCN1S(=O)(=O)N(C)Cc1ccc(C(=O)OC)cc1. The molecule has 1 saturated heterocycles. The lowest BCUT2D eigenvalue weighted by Crippen LogP contribution is -2.47. The highest BCUT2D eigenvalue weighted by Crippen LogP contribution is 2.24. The van der Waals surface area contributed by atoms with Gasteiger partial charge in [0.25, 0.3) is 10.2 Å². The van der Waals surface area contributed by atoms with Gasteiger partial charge in [-0.3, -0.25) is 4.79 Å². The predicted octanol–water partition coefficient (Wildman–Crippen LogP) is 1.18. The quantitative estimate of drug-likeness (QED) is 0.656. The van der Waals surface area contributed by atoms with Crippen molar-refractivity contribution in [2.45, 2.75) is 32.4 Å². The van der Waals surface area contributed by atoms with Crippen LogP contribution in [0, 0.1) is 0 Å². The number of methoxy groups -OCH3 is 1. The van der Waals surface area contributed by atoms with Crippen molar-refractivity contribution in [3.05, 3.63) is 35.4 Å². The van der Waals surface area contributed by atoms with Crippen molar-refractivity contribution in [3.63, 3.8) is 0 Å². The van der Waals surface area contributed by atoms with Gasteiger partial charge in [-0.1, -0.05) is 12.1 Å². The molecule has 0 unspecified atom stereocenters. The average Bonchev–Trinajstić information content (AvgIpc) is 3.12. The van der Waals surface area contributed by atoms with E-state index < -0.39 is 28.2 Å². The van der Waals surface area contributed by atoms with Gasteiger partial charge in [0.1, 0.15) is 6.04 Å². The van der Waals surface area contributed by atoms with Crippen LogP contribution in [0.3, 0.4) is 0 Å². The second-order valence-electron chi connectivity index (χ2n) is 5.97. The van der Waals surface area contributed by atoms with Crippen LogP contribution in [0.4, 0.5) is 0 Å². The first-order valence-electron chi connectivity index (χ1n) is 8.38. The van der Waals surface area contributed by atoms with E-state index in [0.717, 1.165) is 5.56 Å². The molecule has 0 spiro atoms. The lowest BCUT2D eigenvalue weighted by atomic mass is 10.1. The Bertz CT molecular complexity index is 747. The van der Waals surface area contributed by atoms with Gasteiger partial charge >= 0.3 is 11.9 Å². The molecule has 0 radical (unpaired) electrons. The molecule has 8 nitrogen and oxygen atoms in total. The number of esters is 2. The van der Waals surface area contributed by atoms with Crippen LogP contribution in [-0.4, -0.2) is 62.3 Å². The summed E-state index contributed by atoms with van der Waals surface area (Å²) in [5.41, 5.74) is 1.11. The van der Waals surface area contributed by atoms with Crippen molar-refractivity contribution in [2.24, 2.45) is 0 Å². The molecule has 26 heavy (non-hydrogen) atoms. The number of hydrogen-bond acceptors (Lipinski definition) is 6. The molecule has 0 bridgehead atoms. The van der Waals surface area contributed by atoms with E-state index in [2.05, 4.69) is 4.74 Å². The fourth-order valence-corrected chi connectivity index (χ4v) is 4.42. The van der Waals surface area contributed by atoms with Crippen molar-refractivity contribution >= 4 is 22.1 Å². The van der Waals surface area contributed by atoms with Crippen LogP contribution >= 0.6 is 0 Å². The molecule has 1 aromatic rings. The standard InChI is InChI=1S/C17H24N2O6S/c1-4-25-17(21)15-6-5-11-19(15)26(22,23)18(2)12-13-7-9-14(10-8-13)16(20)24-3/h7-10,15H,4-6,11-12H2,1-3H3/t15-/m0/s1. The molecule has 0 N–H and O–H groups in total. The van der Waals surface area contributed by atoms with Gasteiger partial charge in [-0.2, -0.15) is 17.0 Å². The summed E-state index contributed by atoms with van der Waals surface area (Å²) in [6.45, 7) is 2.31. The molecule has 2 rings (SSSR count). The minimum absolute atomic E-state index is 0.121. The molecule has 0 aromatic heterocycles. The van der Waals surface area contributed by atoms with E-state index in [1.54, 1.807) is 31.2 Å². The summed E-state index contributed by atoms with van der Waals surface area (Å²) in [6.07, 6.45) is 1.07. The molecule has 1 heterocycles. The van der Waals surface area contributed by atoms with Crippen molar-refractivity contribution < 1.29 is 27.5 Å². The molecule has 1 aliphatic rings. The smallest absolute Gasteiger partial charge is 0.337 e. The predicted molar refractivity (Wildman–Crippen MR) is 94.5 cm³/mol. The lowest BCUT2D eigenvalue weighted by molar-refractivity contribution is -0.146. The largest absolute Gasteiger partial charge is 0.465 e. The Morgan fingerprint density at radius 2 is 1.92 bits per heavy atom. The summed E-state index contributed by atoms with van der Waals surface area (Å²) in [7, 11) is -1.05. The van der Waals surface area contributed by atoms with Crippen LogP contribution in [-0.2, 0) is 31.0 Å². The molecule has 1 atom stereocenters. The molecular formula is C17H24N2O6S. The summed E-state index contributed by atoms with van der Waals surface area (Å²) in [5.74, 6) is -0.962. The van der Waals surface area contributed by atoms with E-state index in [-0.39, 0.29) is 19.7 Å². The molecule has 0 aliphatic carbocycles. The van der Waals surface area contributed by atoms with E-state index in [1.165, 1.54) is 22.8 Å². The second-order valence-corrected chi connectivity index (χ2v) is 7.96. The zero-order valence-corrected chi connectivity index (χ0v) is 16.0. The average molecular weight is 384 g/mol. The molecule has 9 heteroatoms. The van der Waals surface area contributed by atoms with E-state index in [4.69, 9.17) is 4.74 Å². The van der Waals surface area contributed by atoms with Crippen molar-refractivity contribution in [1.82, 2.24) is 8.61 Å². The Hall–Kier alpha value is -1.97. The van der Waals surface area contributed by atoms with Crippen LogP contribution < -0.4 is 0 Å². The van der Waals surface area contributed by atoms with Crippen molar-refractivity contribution in [1.29, 1.82) is 0 Å². The Kier molecular flexibility index (Phi) is 6.74. The molecule has 1 aliphatic heterocycles. The fourth-order valence-electron chi connectivity index (χ4n) is 2.87. The monoisotopic (exact) mass is 384 g/mol. The molecular weight excluding hydrogens is 360 g/mol. The normalized spacial score (nSPS) is 18.1. The van der Waals surface area contributed by atoms with E-state index >= 15 is 0 Å². The van der Waals surface area contributed by atoms with Crippen LogP contribution in [0.1, 0.15) is 35.7 Å². The summed E-state index contributed by atoms with van der Waals surface area (Å²) in [6, 6.07) is 5.73. The van der Waals surface area contributed by atoms with Gasteiger partial charge in [-0.05, 0) is 37.5 Å². The zero-order chi connectivity index (χ0) is 19.3. The highest BCUT2D eigenvalue weighted by molar-refractivity contribution is 7.86. The third-order valence-corrected chi connectivity index (χ3v) is 6.18. The molecule has 1 aromatic carbocycles. The highest BCUT2D eigenvalue weighted by Gasteiger charge is 2.41. The van der Waals surface area contributed by atoms with Gasteiger partial charge in [-0.15, -0.1) is 0 Å². The summed E-state index contributed by atoms with van der Waals surface area (Å²) < 4.78 is 37.7. The fraction of sp³-hybridized carbons (Fsp3) is 0.529. The summed E-state index contributed by atoms with van der Waals surface area (Å²) >= 11 is 0. The topological polar surface area (TPSA) is 93.2 Å². The number of rotatable bonds is 7. The third-order valence-electron chi connectivity index (χ3n) is 4.23. The Labute approximate surface area is 153 Å². The molecule has 0 amide bonds. The minimum atomic E-state index is -3.81. The van der Waals surface area contributed by atoms with Gasteiger partial charge in [-0.25, -0.2) is 4.79 Å². The summed E-state index contributed by atoms with van der Waals surface area (Å²) in [4.78, 5) is 23.5. The maximum absolute atomic E-state index is 12.8. The zero-order valence-electron chi connectivity index (χ0n) is 15.2. The number of ether oxygens (including phenoxy) is 2. The minimum Gasteiger partial charge on any atom is -0.465 e. The summed E-state index contributed by atoms with van der Waals surface area (Å²) in [5, 5.41) is 0. The maximum Gasteiger partial charge on any atom is 0.337 e. The molecule has 1 fully saturated rings. The van der Waals surface area contributed by atoms with Crippen LogP contribution in [0.25, 0.3) is 0 Å². The number of carbonyl (C=O) groups is 2. The Morgan fingerprint density at radius 1 is 1.27 bits per heavy atom. The number of benzene rings is 1. The number of carbonyl (C=O) groups excluding carboxylic acids is 2. The van der Waals surface area contributed by atoms with Crippen molar-refractivity contribution in [3.8, 4) is 0 Å².